The zero-order valence-electron chi connectivity index (χ0n) is 16.9. The summed E-state index contributed by atoms with van der Waals surface area (Å²) in [6.45, 7) is 1.87. The van der Waals surface area contributed by atoms with E-state index >= 15 is 0 Å². The highest BCUT2D eigenvalue weighted by atomic mass is 32.1. The molecule has 0 radical (unpaired) electrons. The maximum absolute atomic E-state index is 12.4. The zero-order chi connectivity index (χ0) is 21.9. The van der Waals surface area contributed by atoms with Crippen LogP contribution in [0, 0.1) is 6.92 Å². The quantitative estimate of drug-likeness (QED) is 0.330. The largest absolute Gasteiger partial charge is 0.452 e. The Labute approximate surface area is 186 Å². The molecule has 0 aliphatic carbocycles. The molecule has 5 rings (SSSR count). The van der Waals surface area contributed by atoms with Crippen LogP contribution < -0.4 is 0 Å². The predicted molar refractivity (Wildman–Crippen MR) is 117 cm³/mol. The van der Waals surface area contributed by atoms with E-state index in [4.69, 9.17) is 13.7 Å². The summed E-state index contributed by atoms with van der Waals surface area (Å²) in [7, 11) is 0. The number of aromatic nitrogens is 4. The molecule has 0 bridgehead atoms. The Balaban J connectivity index is 1.24. The number of hydrogen-bond acceptors (Lipinski definition) is 9. The minimum absolute atomic E-state index is 0.109. The number of aryl methyl sites for hydroxylation is 1. The first kappa shape index (κ1) is 19.8. The smallest absolute Gasteiger partial charge is 0.338 e. The van der Waals surface area contributed by atoms with Crippen molar-refractivity contribution >= 4 is 17.3 Å². The molecule has 3 heterocycles. The monoisotopic (exact) mass is 444 g/mol. The highest BCUT2D eigenvalue weighted by molar-refractivity contribution is 7.13. The first-order valence-electron chi connectivity index (χ1n) is 9.71. The lowest BCUT2D eigenvalue weighted by Crippen LogP contribution is -2.05. The van der Waals surface area contributed by atoms with Gasteiger partial charge in [0.1, 0.15) is 0 Å². The summed E-state index contributed by atoms with van der Waals surface area (Å²) in [5.74, 6) is 1.02. The lowest BCUT2D eigenvalue weighted by molar-refractivity contribution is 0.0430. The van der Waals surface area contributed by atoms with Crippen molar-refractivity contribution in [2.24, 2.45) is 0 Å². The van der Waals surface area contributed by atoms with E-state index in [1.54, 1.807) is 24.3 Å². The van der Waals surface area contributed by atoms with Crippen LogP contribution in [0.4, 0.5) is 0 Å². The maximum atomic E-state index is 12.4. The molecule has 0 N–H and O–H groups in total. The SMILES string of the molecule is Cc1ccccc1-c1nnc(-c2ccc(C(=O)OCc3nc(-c4cccs4)no3)cc2)o1. The molecule has 8 nitrogen and oxygen atoms in total. The lowest BCUT2D eigenvalue weighted by atomic mass is 10.1. The van der Waals surface area contributed by atoms with Crippen LogP contribution >= 0.6 is 11.3 Å². The third-order valence-corrected chi connectivity index (χ3v) is 5.57. The van der Waals surface area contributed by atoms with Crippen molar-refractivity contribution in [3.05, 3.63) is 83.1 Å². The van der Waals surface area contributed by atoms with E-state index in [1.165, 1.54) is 11.3 Å². The Morgan fingerprint density at radius 2 is 1.81 bits per heavy atom. The second-order valence-electron chi connectivity index (χ2n) is 6.87. The van der Waals surface area contributed by atoms with Gasteiger partial charge in [0, 0.05) is 11.1 Å². The average molecular weight is 444 g/mol. The Bertz CT molecular complexity index is 1360. The number of nitrogens with zero attached hydrogens (tertiary/aromatic N) is 4. The molecule has 5 aromatic rings. The summed E-state index contributed by atoms with van der Waals surface area (Å²) in [6, 6.07) is 18.3. The summed E-state index contributed by atoms with van der Waals surface area (Å²) in [5, 5.41) is 14.1. The van der Waals surface area contributed by atoms with E-state index in [2.05, 4.69) is 20.3 Å². The summed E-state index contributed by atoms with van der Waals surface area (Å²) in [5.41, 5.74) is 3.01. The van der Waals surface area contributed by atoms with Crippen LogP contribution in [0.25, 0.3) is 33.6 Å². The van der Waals surface area contributed by atoms with Gasteiger partial charge in [-0.3, -0.25) is 0 Å². The molecule has 0 atom stereocenters. The molecule has 0 amide bonds. The van der Waals surface area contributed by atoms with Gasteiger partial charge in [-0.15, -0.1) is 21.5 Å². The highest BCUT2D eigenvalue weighted by Gasteiger charge is 2.15. The van der Waals surface area contributed by atoms with E-state index in [0.29, 0.717) is 28.7 Å². The topological polar surface area (TPSA) is 104 Å². The average Bonchev–Trinajstić information content (AvgIpc) is 3.59. The fraction of sp³-hybridized carbons (Fsp3) is 0.0870. The standard InChI is InChI=1S/C23H16N4O4S/c1-14-5-2-3-6-17(14)22-26-25-21(30-22)15-8-10-16(11-9-15)23(28)29-13-19-24-20(27-31-19)18-7-4-12-32-18/h2-12H,13H2,1H3. The number of rotatable bonds is 6. The van der Waals surface area contributed by atoms with Crippen molar-refractivity contribution in [2.75, 3.05) is 0 Å². The summed E-state index contributed by atoms with van der Waals surface area (Å²) >= 11 is 1.50. The van der Waals surface area contributed by atoms with Gasteiger partial charge >= 0.3 is 5.97 Å². The van der Waals surface area contributed by atoms with Crippen LogP contribution in [0.2, 0.25) is 0 Å². The van der Waals surface area contributed by atoms with E-state index < -0.39 is 5.97 Å². The summed E-state index contributed by atoms with van der Waals surface area (Å²) in [6.07, 6.45) is 0. The van der Waals surface area contributed by atoms with E-state index in [-0.39, 0.29) is 12.5 Å². The molecule has 9 heteroatoms. The molecule has 0 spiro atoms. The van der Waals surface area contributed by atoms with Crippen LogP contribution in [0.15, 0.2) is 75.0 Å². The first-order chi connectivity index (χ1) is 15.7. The van der Waals surface area contributed by atoms with Gasteiger partial charge in [-0.1, -0.05) is 29.4 Å². The molecular weight excluding hydrogens is 428 g/mol. The van der Waals surface area contributed by atoms with Crippen molar-refractivity contribution in [1.29, 1.82) is 0 Å². The van der Waals surface area contributed by atoms with Gasteiger partial charge in [0.25, 0.3) is 5.89 Å². The zero-order valence-corrected chi connectivity index (χ0v) is 17.7. The van der Waals surface area contributed by atoms with Crippen molar-refractivity contribution in [1.82, 2.24) is 20.3 Å². The van der Waals surface area contributed by atoms with Crippen LogP contribution in [0.1, 0.15) is 21.8 Å². The molecule has 158 valence electrons. The van der Waals surface area contributed by atoms with Gasteiger partial charge in [0.05, 0.1) is 10.4 Å². The fourth-order valence-corrected chi connectivity index (χ4v) is 3.69. The predicted octanol–water partition coefficient (Wildman–Crippen LogP) is 5.18. The van der Waals surface area contributed by atoms with Gasteiger partial charge in [0.15, 0.2) is 6.61 Å². The Morgan fingerprint density at radius 1 is 1.00 bits per heavy atom. The summed E-state index contributed by atoms with van der Waals surface area (Å²) < 4.78 is 16.2. The number of carbonyl (C=O) groups excluding carboxylic acids is 1. The number of thiophene rings is 1. The van der Waals surface area contributed by atoms with Crippen molar-refractivity contribution in [3.63, 3.8) is 0 Å². The van der Waals surface area contributed by atoms with Gasteiger partial charge in [-0.05, 0) is 54.3 Å². The number of carbonyl (C=O) groups is 1. The molecule has 0 aliphatic heterocycles. The van der Waals surface area contributed by atoms with Crippen LogP contribution in [-0.4, -0.2) is 26.3 Å². The number of esters is 1. The fourth-order valence-electron chi connectivity index (χ4n) is 3.04. The molecule has 0 unspecified atom stereocenters. The minimum atomic E-state index is -0.501. The van der Waals surface area contributed by atoms with Crippen molar-refractivity contribution in [3.8, 4) is 33.6 Å². The molecule has 2 aromatic carbocycles. The van der Waals surface area contributed by atoms with E-state index in [1.807, 2.05) is 48.7 Å². The molecule has 32 heavy (non-hydrogen) atoms. The van der Waals surface area contributed by atoms with Gasteiger partial charge in [-0.25, -0.2) is 4.79 Å². The third kappa shape index (κ3) is 4.06. The number of ether oxygens (including phenoxy) is 1. The summed E-state index contributed by atoms with van der Waals surface area (Å²) in [4.78, 5) is 17.5. The van der Waals surface area contributed by atoms with Gasteiger partial charge in [0.2, 0.25) is 17.6 Å². The molecule has 0 saturated carbocycles. The first-order valence-corrected chi connectivity index (χ1v) is 10.6. The second kappa shape index (κ2) is 8.56. The van der Waals surface area contributed by atoms with Crippen molar-refractivity contribution < 1.29 is 18.5 Å². The van der Waals surface area contributed by atoms with Crippen LogP contribution in [-0.2, 0) is 11.3 Å². The van der Waals surface area contributed by atoms with E-state index in [9.17, 15) is 4.79 Å². The number of hydrogen-bond donors (Lipinski definition) is 0. The molecule has 0 saturated heterocycles. The minimum Gasteiger partial charge on any atom is -0.452 e. The van der Waals surface area contributed by atoms with Crippen LogP contribution in [0.5, 0.6) is 0 Å². The Hall–Kier alpha value is -4.11. The van der Waals surface area contributed by atoms with E-state index in [0.717, 1.165) is 16.0 Å². The normalized spacial score (nSPS) is 10.9. The molecule has 0 aliphatic rings. The lowest BCUT2D eigenvalue weighted by Gasteiger charge is -2.02. The Morgan fingerprint density at radius 3 is 2.59 bits per heavy atom. The third-order valence-electron chi connectivity index (χ3n) is 4.70. The maximum Gasteiger partial charge on any atom is 0.338 e. The Kier molecular flexibility index (Phi) is 5.30. The second-order valence-corrected chi connectivity index (χ2v) is 7.82. The van der Waals surface area contributed by atoms with Gasteiger partial charge in [-0.2, -0.15) is 4.98 Å². The van der Waals surface area contributed by atoms with Crippen molar-refractivity contribution in [2.45, 2.75) is 13.5 Å². The van der Waals surface area contributed by atoms with Gasteiger partial charge < -0.3 is 13.7 Å². The highest BCUT2D eigenvalue weighted by Crippen LogP contribution is 2.26. The molecule has 3 aromatic heterocycles. The van der Waals surface area contributed by atoms with Crippen LogP contribution in [0.3, 0.4) is 0 Å². The molecule has 0 fully saturated rings. The molecular formula is C23H16N4O4S. The number of benzene rings is 2.